The third kappa shape index (κ3) is 2.31. The molecule has 0 saturated heterocycles. The molecule has 0 spiro atoms. The van der Waals surface area contributed by atoms with Crippen molar-refractivity contribution in [2.75, 3.05) is 0 Å². The maximum absolute atomic E-state index is 10.5. The Morgan fingerprint density at radius 3 is 2.54 bits per heavy atom. The number of allylic oxidation sites excluding steroid dienone is 1. The van der Waals surface area contributed by atoms with E-state index in [4.69, 9.17) is 0 Å². The number of aliphatic hydroxyl groups is 1. The summed E-state index contributed by atoms with van der Waals surface area (Å²) in [6.07, 6.45) is 1.04. The first-order valence-corrected chi connectivity index (χ1v) is 4.56. The highest BCUT2D eigenvalue weighted by atomic mass is 16.4. The van der Waals surface area contributed by atoms with E-state index in [-0.39, 0.29) is 5.92 Å². The summed E-state index contributed by atoms with van der Waals surface area (Å²) in [6, 6.07) is 0. The first-order chi connectivity index (χ1) is 6.02. The van der Waals surface area contributed by atoms with Crippen molar-refractivity contribution in [3.63, 3.8) is 0 Å². The molecule has 0 radical (unpaired) electrons. The van der Waals surface area contributed by atoms with Gasteiger partial charge in [-0.3, -0.25) is 0 Å². The molecule has 3 nitrogen and oxygen atoms in total. The van der Waals surface area contributed by atoms with Crippen LogP contribution in [0.4, 0.5) is 0 Å². The van der Waals surface area contributed by atoms with E-state index in [1.165, 1.54) is 0 Å². The molecule has 0 aromatic carbocycles. The number of carbonyl (C=O) groups is 1. The lowest BCUT2D eigenvalue weighted by atomic mass is 9.77. The van der Waals surface area contributed by atoms with Crippen molar-refractivity contribution >= 4 is 5.97 Å². The quantitative estimate of drug-likeness (QED) is 0.617. The van der Waals surface area contributed by atoms with Gasteiger partial charge in [0, 0.05) is 11.9 Å². The van der Waals surface area contributed by atoms with E-state index in [2.05, 4.69) is 6.58 Å². The highest BCUT2D eigenvalue weighted by Gasteiger charge is 2.29. The minimum Gasteiger partial charge on any atom is -0.550 e. The lowest BCUT2D eigenvalue weighted by Gasteiger charge is -2.33. The summed E-state index contributed by atoms with van der Waals surface area (Å²) in [7, 11) is 0. The van der Waals surface area contributed by atoms with Gasteiger partial charge in [0.25, 0.3) is 0 Å². The van der Waals surface area contributed by atoms with Gasteiger partial charge in [-0.2, -0.15) is 0 Å². The minimum absolute atomic E-state index is 0.269. The molecular weight excluding hydrogens is 168 g/mol. The van der Waals surface area contributed by atoms with Crippen molar-refractivity contribution in [1.29, 1.82) is 0 Å². The average molecular weight is 183 g/mol. The van der Waals surface area contributed by atoms with Gasteiger partial charge in [-0.1, -0.05) is 12.2 Å². The molecule has 1 aliphatic rings. The molecular formula is C10H15O3-. The zero-order chi connectivity index (χ0) is 10.0. The zero-order valence-corrected chi connectivity index (χ0v) is 7.82. The number of carboxylic acids is 1. The van der Waals surface area contributed by atoms with Crippen LogP contribution in [-0.4, -0.2) is 17.2 Å². The Bertz CT molecular complexity index is 222. The van der Waals surface area contributed by atoms with Crippen molar-refractivity contribution in [2.24, 2.45) is 11.8 Å². The fraction of sp³-hybridized carbons (Fsp3) is 0.700. The van der Waals surface area contributed by atoms with Crippen molar-refractivity contribution in [3.05, 3.63) is 12.2 Å². The highest BCUT2D eigenvalue weighted by Crippen LogP contribution is 2.32. The summed E-state index contributed by atoms with van der Waals surface area (Å²) < 4.78 is 0. The van der Waals surface area contributed by atoms with Crippen LogP contribution in [0, 0.1) is 11.8 Å². The Hall–Kier alpha value is -0.830. The van der Waals surface area contributed by atoms with E-state index >= 15 is 0 Å². The van der Waals surface area contributed by atoms with E-state index in [0.717, 1.165) is 12.0 Å². The summed E-state index contributed by atoms with van der Waals surface area (Å²) >= 11 is 0. The zero-order valence-electron chi connectivity index (χ0n) is 7.82. The summed E-state index contributed by atoms with van der Waals surface area (Å²) in [4.78, 5) is 10.5. The van der Waals surface area contributed by atoms with Gasteiger partial charge in [0.1, 0.15) is 0 Å². The van der Waals surface area contributed by atoms with Crippen LogP contribution in [-0.2, 0) is 4.79 Å². The molecule has 74 valence electrons. The monoisotopic (exact) mass is 183 g/mol. The molecule has 0 aliphatic heterocycles. The number of hydrogen-bond acceptors (Lipinski definition) is 3. The molecule has 1 aliphatic carbocycles. The maximum atomic E-state index is 10.5. The van der Waals surface area contributed by atoms with E-state index < -0.39 is 18.0 Å². The van der Waals surface area contributed by atoms with Gasteiger partial charge in [-0.05, 0) is 32.1 Å². The number of aliphatic carboxylic acids is 1. The van der Waals surface area contributed by atoms with Crippen LogP contribution in [0.3, 0.4) is 0 Å². The number of aliphatic hydroxyl groups excluding tert-OH is 1. The van der Waals surface area contributed by atoms with Gasteiger partial charge >= 0.3 is 0 Å². The first kappa shape index (κ1) is 10.3. The van der Waals surface area contributed by atoms with Crippen molar-refractivity contribution < 1.29 is 15.0 Å². The van der Waals surface area contributed by atoms with Crippen LogP contribution in [0.2, 0.25) is 0 Å². The molecule has 0 aromatic heterocycles. The molecule has 1 fully saturated rings. The second-order valence-electron chi connectivity index (χ2n) is 3.85. The molecule has 3 unspecified atom stereocenters. The summed E-state index contributed by atoms with van der Waals surface area (Å²) in [5.74, 6) is -1.55. The van der Waals surface area contributed by atoms with Crippen LogP contribution in [0.1, 0.15) is 26.2 Å². The standard InChI is InChI=1S/C10H16O3/c1-6(2)7-3-4-8(10(12)13)9(11)5-7/h7-9,11H,1,3-5H2,2H3,(H,12,13)/p-1. The minimum atomic E-state index is -1.13. The molecule has 1 saturated carbocycles. The third-order valence-electron chi connectivity index (χ3n) is 2.82. The second-order valence-corrected chi connectivity index (χ2v) is 3.85. The number of carboxylic acid groups (broad SMARTS) is 1. The molecule has 3 atom stereocenters. The normalized spacial score (nSPS) is 34.2. The topological polar surface area (TPSA) is 60.4 Å². The SMILES string of the molecule is C=C(C)C1CCC(C(=O)[O-])C(O)C1. The van der Waals surface area contributed by atoms with Gasteiger partial charge in [-0.25, -0.2) is 0 Å². The Morgan fingerprint density at radius 1 is 1.54 bits per heavy atom. The van der Waals surface area contributed by atoms with Crippen molar-refractivity contribution in [1.82, 2.24) is 0 Å². The maximum Gasteiger partial charge on any atom is 0.0626 e. The lowest BCUT2D eigenvalue weighted by Crippen LogP contribution is -2.42. The highest BCUT2D eigenvalue weighted by molar-refractivity contribution is 5.68. The van der Waals surface area contributed by atoms with E-state index in [9.17, 15) is 15.0 Å². The molecule has 1 rings (SSSR count). The fourth-order valence-corrected chi connectivity index (χ4v) is 1.87. The lowest BCUT2D eigenvalue weighted by molar-refractivity contribution is -0.315. The second kappa shape index (κ2) is 3.92. The van der Waals surface area contributed by atoms with E-state index in [1.54, 1.807) is 0 Å². The van der Waals surface area contributed by atoms with Gasteiger partial charge < -0.3 is 15.0 Å². The van der Waals surface area contributed by atoms with Crippen LogP contribution < -0.4 is 5.11 Å². The predicted molar refractivity (Wildman–Crippen MR) is 46.7 cm³/mol. The molecule has 13 heavy (non-hydrogen) atoms. The number of carbonyl (C=O) groups excluding carboxylic acids is 1. The number of rotatable bonds is 2. The van der Waals surface area contributed by atoms with E-state index in [1.807, 2.05) is 6.92 Å². The van der Waals surface area contributed by atoms with Crippen LogP contribution in [0.25, 0.3) is 0 Å². The Labute approximate surface area is 78.1 Å². The van der Waals surface area contributed by atoms with Gasteiger partial charge in [0.2, 0.25) is 0 Å². The Kier molecular flexibility index (Phi) is 3.09. The van der Waals surface area contributed by atoms with Crippen LogP contribution in [0.15, 0.2) is 12.2 Å². The first-order valence-electron chi connectivity index (χ1n) is 4.56. The third-order valence-corrected chi connectivity index (χ3v) is 2.82. The summed E-state index contributed by atoms with van der Waals surface area (Å²) in [6.45, 7) is 5.72. The predicted octanol–water partition coefficient (Wildman–Crippen LogP) is 0.0896. The van der Waals surface area contributed by atoms with E-state index in [0.29, 0.717) is 12.8 Å². The van der Waals surface area contributed by atoms with Gasteiger partial charge in [0.15, 0.2) is 0 Å². The summed E-state index contributed by atoms with van der Waals surface area (Å²) in [5, 5.41) is 20.0. The summed E-state index contributed by atoms with van der Waals surface area (Å²) in [5.41, 5.74) is 1.02. The van der Waals surface area contributed by atoms with Gasteiger partial charge in [-0.15, -0.1) is 0 Å². The van der Waals surface area contributed by atoms with Crippen molar-refractivity contribution in [3.8, 4) is 0 Å². The molecule has 0 aromatic rings. The molecule has 1 N–H and O–H groups in total. The van der Waals surface area contributed by atoms with Crippen LogP contribution >= 0.6 is 0 Å². The smallest absolute Gasteiger partial charge is 0.0626 e. The fourth-order valence-electron chi connectivity index (χ4n) is 1.87. The van der Waals surface area contributed by atoms with Crippen molar-refractivity contribution in [2.45, 2.75) is 32.3 Å². The molecule has 0 heterocycles. The van der Waals surface area contributed by atoms with Gasteiger partial charge in [0.05, 0.1) is 6.10 Å². The average Bonchev–Trinajstić information content (AvgIpc) is 2.03. The Morgan fingerprint density at radius 2 is 2.15 bits per heavy atom. The largest absolute Gasteiger partial charge is 0.550 e. The molecule has 0 bridgehead atoms. The number of hydrogen-bond donors (Lipinski definition) is 1. The Balaban J connectivity index is 2.56. The van der Waals surface area contributed by atoms with Crippen LogP contribution in [0.5, 0.6) is 0 Å². The molecule has 3 heteroatoms. The molecule has 0 amide bonds.